The molecule has 0 atom stereocenters. The van der Waals surface area contributed by atoms with Gasteiger partial charge in [0.1, 0.15) is 23.2 Å². The third-order valence-electron chi connectivity index (χ3n) is 3.92. The second kappa shape index (κ2) is 8.73. The SMILES string of the molecule is N#CC(=Cc1ccc(-c2ccc(S(N)(=O)=O)cc2)o1)C(=O)Nc1cc(Cl)ccc1Cl. The van der Waals surface area contributed by atoms with Gasteiger partial charge < -0.3 is 9.73 Å². The highest BCUT2D eigenvalue weighted by Crippen LogP contribution is 2.27. The van der Waals surface area contributed by atoms with E-state index in [9.17, 15) is 18.5 Å². The number of hydrogen-bond acceptors (Lipinski definition) is 5. The third kappa shape index (κ3) is 5.09. The lowest BCUT2D eigenvalue weighted by Crippen LogP contribution is -2.13. The van der Waals surface area contributed by atoms with Crippen molar-refractivity contribution in [3.8, 4) is 17.4 Å². The molecule has 0 saturated carbocycles. The molecule has 0 spiro atoms. The quantitative estimate of drug-likeness (QED) is 0.428. The summed E-state index contributed by atoms with van der Waals surface area (Å²) in [5.74, 6) is -0.0145. The van der Waals surface area contributed by atoms with E-state index in [0.717, 1.165) is 0 Å². The maximum absolute atomic E-state index is 12.4. The normalized spacial score (nSPS) is 11.7. The molecule has 0 bridgehead atoms. The van der Waals surface area contributed by atoms with Crippen LogP contribution in [0.1, 0.15) is 5.76 Å². The molecule has 152 valence electrons. The highest BCUT2D eigenvalue weighted by Gasteiger charge is 2.14. The van der Waals surface area contributed by atoms with Crippen molar-refractivity contribution < 1.29 is 17.6 Å². The zero-order valence-corrected chi connectivity index (χ0v) is 17.4. The van der Waals surface area contributed by atoms with Crippen LogP contribution in [0.15, 0.2) is 69.5 Å². The molecular weight excluding hydrogens is 449 g/mol. The van der Waals surface area contributed by atoms with E-state index in [0.29, 0.717) is 16.3 Å². The van der Waals surface area contributed by atoms with E-state index in [2.05, 4.69) is 5.32 Å². The fourth-order valence-electron chi connectivity index (χ4n) is 2.47. The van der Waals surface area contributed by atoms with Crippen LogP contribution < -0.4 is 10.5 Å². The van der Waals surface area contributed by atoms with Crippen molar-refractivity contribution in [1.29, 1.82) is 5.26 Å². The van der Waals surface area contributed by atoms with Gasteiger partial charge >= 0.3 is 0 Å². The number of halogens is 2. The molecular formula is C20H13Cl2N3O4S. The van der Waals surface area contributed by atoms with Crippen molar-refractivity contribution >= 4 is 50.9 Å². The van der Waals surface area contributed by atoms with Crippen molar-refractivity contribution in [1.82, 2.24) is 0 Å². The Hall–Kier alpha value is -3.09. The van der Waals surface area contributed by atoms with Gasteiger partial charge in [0.15, 0.2) is 0 Å². The minimum absolute atomic E-state index is 0.0268. The van der Waals surface area contributed by atoms with Gasteiger partial charge in [-0.05, 0) is 54.6 Å². The van der Waals surface area contributed by atoms with Crippen molar-refractivity contribution in [3.63, 3.8) is 0 Å². The van der Waals surface area contributed by atoms with Gasteiger partial charge in [0.2, 0.25) is 10.0 Å². The van der Waals surface area contributed by atoms with Gasteiger partial charge in [-0.1, -0.05) is 23.2 Å². The Morgan fingerprint density at radius 3 is 2.43 bits per heavy atom. The monoisotopic (exact) mass is 461 g/mol. The zero-order chi connectivity index (χ0) is 21.9. The molecule has 3 N–H and O–H groups in total. The summed E-state index contributed by atoms with van der Waals surface area (Å²) >= 11 is 11.9. The molecule has 2 aromatic carbocycles. The molecule has 0 aliphatic heterocycles. The van der Waals surface area contributed by atoms with Crippen molar-refractivity contribution in [2.45, 2.75) is 4.90 Å². The van der Waals surface area contributed by atoms with Crippen molar-refractivity contribution in [3.05, 3.63) is 76.0 Å². The van der Waals surface area contributed by atoms with Crippen LogP contribution in [0.2, 0.25) is 10.0 Å². The molecule has 3 rings (SSSR count). The lowest BCUT2D eigenvalue weighted by atomic mass is 10.2. The lowest BCUT2D eigenvalue weighted by molar-refractivity contribution is -0.112. The Kier molecular flexibility index (Phi) is 6.29. The Labute approximate surface area is 182 Å². The molecule has 3 aromatic rings. The number of primary sulfonamides is 1. The molecule has 0 saturated heterocycles. The molecule has 0 aliphatic carbocycles. The average molecular weight is 462 g/mol. The maximum Gasteiger partial charge on any atom is 0.266 e. The molecule has 0 aliphatic rings. The first-order valence-electron chi connectivity index (χ1n) is 8.28. The lowest BCUT2D eigenvalue weighted by Gasteiger charge is -2.06. The summed E-state index contributed by atoms with van der Waals surface area (Å²) in [7, 11) is -3.80. The number of nitriles is 1. The van der Waals surface area contributed by atoms with E-state index in [1.54, 1.807) is 18.2 Å². The predicted molar refractivity (Wildman–Crippen MR) is 114 cm³/mol. The zero-order valence-electron chi connectivity index (χ0n) is 15.1. The molecule has 0 unspecified atom stereocenters. The van der Waals surface area contributed by atoms with Crippen molar-refractivity contribution in [2.75, 3.05) is 5.32 Å². The number of nitrogens with one attached hydrogen (secondary N) is 1. The molecule has 1 amide bonds. The maximum atomic E-state index is 12.4. The number of furan rings is 1. The second-order valence-corrected chi connectivity index (χ2v) is 8.42. The van der Waals surface area contributed by atoms with E-state index in [4.69, 9.17) is 32.8 Å². The summed E-state index contributed by atoms with van der Waals surface area (Å²) in [6.45, 7) is 0. The topological polar surface area (TPSA) is 126 Å². The third-order valence-corrected chi connectivity index (χ3v) is 5.42. The Bertz CT molecular complexity index is 1290. The van der Waals surface area contributed by atoms with Crippen LogP contribution >= 0.6 is 23.2 Å². The summed E-state index contributed by atoms with van der Waals surface area (Å²) in [6, 6.07) is 15.3. The van der Waals surface area contributed by atoms with Gasteiger partial charge in [0.05, 0.1) is 15.6 Å². The number of nitrogens with two attached hydrogens (primary N) is 1. The predicted octanol–water partition coefficient (Wildman–Crippen LogP) is 4.45. The van der Waals surface area contributed by atoms with Crippen LogP contribution in [0, 0.1) is 11.3 Å². The molecule has 0 fully saturated rings. The number of amides is 1. The molecule has 30 heavy (non-hydrogen) atoms. The first kappa shape index (κ1) is 21.6. The Morgan fingerprint density at radius 2 is 1.80 bits per heavy atom. The fourth-order valence-corrected chi connectivity index (χ4v) is 3.32. The van der Waals surface area contributed by atoms with Crippen LogP contribution in [-0.2, 0) is 14.8 Å². The van der Waals surface area contributed by atoms with Crippen LogP contribution in [-0.4, -0.2) is 14.3 Å². The summed E-state index contributed by atoms with van der Waals surface area (Å²) in [5.41, 5.74) is 0.651. The highest BCUT2D eigenvalue weighted by molar-refractivity contribution is 7.89. The number of carbonyl (C=O) groups excluding carboxylic acids is 1. The minimum Gasteiger partial charge on any atom is -0.457 e. The summed E-state index contributed by atoms with van der Waals surface area (Å²) < 4.78 is 28.3. The number of rotatable bonds is 5. The van der Waals surface area contributed by atoms with Crippen LogP contribution in [0.5, 0.6) is 0 Å². The number of hydrogen-bond donors (Lipinski definition) is 2. The van der Waals surface area contributed by atoms with Crippen molar-refractivity contribution in [2.24, 2.45) is 5.14 Å². The van der Waals surface area contributed by atoms with Gasteiger partial charge in [0.25, 0.3) is 5.91 Å². The average Bonchev–Trinajstić information content (AvgIpc) is 3.17. The summed E-state index contributed by atoms with van der Waals surface area (Å²) in [6.07, 6.45) is 1.27. The van der Waals surface area contributed by atoms with Gasteiger partial charge in [0, 0.05) is 16.7 Å². The standard InChI is InChI=1S/C20H13Cl2N3O4S/c21-14-3-7-17(22)18(10-14)25-20(26)13(11-23)9-15-4-8-19(29-15)12-1-5-16(6-2-12)30(24,27)28/h1-10H,(H,25,26)(H2,24,27,28). The molecule has 7 nitrogen and oxygen atoms in total. The van der Waals surface area contributed by atoms with E-state index < -0.39 is 15.9 Å². The smallest absolute Gasteiger partial charge is 0.266 e. The van der Waals surface area contributed by atoms with Crippen LogP contribution in [0.3, 0.4) is 0 Å². The first-order chi connectivity index (χ1) is 14.2. The van der Waals surface area contributed by atoms with E-state index >= 15 is 0 Å². The van der Waals surface area contributed by atoms with Gasteiger partial charge in [-0.3, -0.25) is 4.79 Å². The van der Waals surface area contributed by atoms with Crippen LogP contribution in [0.4, 0.5) is 5.69 Å². The number of nitrogens with zero attached hydrogens (tertiary/aromatic N) is 1. The largest absolute Gasteiger partial charge is 0.457 e. The Morgan fingerprint density at radius 1 is 1.10 bits per heavy atom. The Balaban J connectivity index is 1.82. The second-order valence-electron chi connectivity index (χ2n) is 6.02. The molecule has 10 heteroatoms. The minimum atomic E-state index is -3.80. The fraction of sp³-hybridized carbons (Fsp3) is 0. The van der Waals surface area contributed by atoms with Gasteiger partial charge in [-0.2, -0.15) is 5.26 Å². The number of carbonyl (C=O) groups is 1. The van der Waals surface area contributed by atoms with E-state index in [-0.39, 0.29) is 26.9 Å². The van der Waals surface area contributed by atoms with Crippen LogP contribution in [0.25, 0.3) is 17.4 Å². The van der Waals surface area contributed by atoms with Gasteiger partial charge in [-0.25, -0.2) is 13.6 Å². The number of sulfonamides is 1. The van der Waals surface area contributed by atoms with E-state index in [1.165, 1.54) is 42.5 Å². The molecule has 0 radical (unpaired) electrons. The van der Waals surface area contributed by atoms with Gasteiger partial charge in [-0.15, -0.1) is 0 Å². The summed E-state index contributed by atoms with van der Waals surface area (Å²) in [5, 5.41) is 17.6. The number of anilines is 1. The first-order valence-corrected chi connectivity index (χ1v) is 10.6. The molecule has 1 aromatic heterocycles. The molecule has 1 heterocycles. The number of benzene rings is 2. The summed E-state index contributed by atoms with van der Waals surface area (Å²) in [4.78, 5) is 12.4. The highest BCUT2D eigenvalue weighted by atomic mass is 35.5. The van der Waals surface area contributed by atoms with E-state index in [1.807, 2.05) is 6.07 Å².